The van der Waals surface area contributed by atoms with Gasteiger partial charge in [-0.15, -0.1) is 0 Å². The summed E-state index contributed by atoms with van der Waals surface area (Å²) in [4.78, 5) is 3.98. The van der Waals surface area contributed by atoms with E-state index >= 15 is 0 Å². The number of rotatable bonds is 6. The maximum atomic E-state index is 13.4. The van der Waals surface area contributed by atoms with Gasteiger partial charge in [0.05, 0.1) is 18.0 Å². The van der Waals surface area contributed by atoms with E-state index in [1.54, 1.807) is 37.5 Å². The van der Waals surface area contributed by atoms with Crippen molar-refractivity contribution in [2.24, 2.45) is 0 Å². The Labute approximate surface area is 124 Å². The highest BCUT2D eigenvalue weighted by atomic mass is 32.2. The van der Waals surface area contributed by atoms with E-state index in [0.717, 1.165) is 5.56 Å². The number of hydrogen-bond donors (Lipinski definition) is 0. The fraction of sp³-hybridized carbons (Fsp3) is 0.267. The van der Waals surface area contributed by atoms with Crippen LogP contribution < -0.4 is 4.31 Å². The molecule has 2 aromatic rings. The molecule has 0 fully saturated rings. The van der Waals surface area contributed by atoms with Crippen LogP contribution >= 0.6 is 0 Å². The van der Waals surface area contributed by atoms with Gasteiger partial charge in [0.25, 0.3) is 0 Å². The monoisotopic (exact) mass is 308 g/mol. The molecule has 1 aromatic carbocycles. The number of aromatic nitrogens is 1. The molecular formula is C15H17FN2O2S. The van der Waals surface area contributed by atoms with Gasteiger partial charge < -0.3 is 0 Å². The number of anilines is 1. The molecule has 6 heteroatoms. The summed E-state index contributed by atoms with van der Waals surface area (Å²) in [5.74, 6) is -0.445. The predicted molar refractivity (Wildman–Crippen MR) is 80.9 cm³/mol. The van der Waals surface area contributed by atoms with Crippen molar-refractivity contribution >= 4 is 15.7 Å². The third-order valence-electron chi connectivity index (χ3n) is 2.94. The van der Waals surface area contributed by atoms with Gasteiger partial charge in [0.1, 0.15) is 5.82 Å². The van der Waals surface area contributed by atoms with Gasteiger partial charge in [-0.3, -0.25) is 9.29 Å². The van der Waals surface area contributed by atoms with E-state index in [9.17, 15) is 12.8 Å². The van der Waals surface area contributed by atoms with E-state index < -0.39 is 15.8 Å². The van der Waals surface area contributed by atoms with Gasteiger partial charge in [-0.25, -0.2) is 12.8 Å². The van der Waals surface area contributed by atoms with Crippen molar-refractivity contribution in [3.8, 4) is 0 Å². The highest BCUT2D eigenvalue weighted by molar-refractivity contribution is 7.92. The molecule has 21 heavy (non-hydrogen) atoms. The van der Waals surface area contributed by atoms with Crippen LogP contribution in [0.1, 0.15) is 18.9 Å². The lowest BCUT2D eigenvalue weighted by atomic mass is 10.2. The van der Waals surface area contributed by atoms with Crippen LogP contribution in [0.2, 0.25) is 0 Å². The molecule has 1 aromatic heterocycles. The first-order valence-corrected chi connectivity index (χ1v) is 8.29. The lowest BCUT2D eigenvalue weighted by Crippen LogP contribution is -2.32. The third kappa shape index (κ3) is 4.01. The lowest BCUT2D eigenvalue weighted by molar-refractivity contribution is 0.588. The summed E-state index contributed by atoms with van der Waals surface area (Å²) < 4.78 is 39.5. The number of benzene rings is 1. The maximum Gasteiger partial charge on any atom is 0.235 e. The van der Waals surface area contributed by atoms with E-state index in [4.69, 9.17) is 0 Å². The van der Waals surface area contributed by atoms with Crippen molar-refractivity contribution in [3.05, 3.63) is 60.2 Å². The van der Waals surface area contributed by atoms with Crippen LogP contribution in [-0.2, 0) is 16.6 Å². The Morgan fingerprint density at radius 2 is 2.05 bits per heavy atom. The molecule has 0 spiro atoms. The Kier molecular flexibility index (Phi) is 4.90. The molecule has 0 aliphatic heterocycles. The number of pyridine rings is 1. The minimum absolute atomic E-state index is 0.0176. The van der Waals surface area contributed by atoms with Crippen molar-refractivity contribution in [1.82, 2.24) is 4.98 Å². The topological polar surface area (TPSA) is 50.3 Å². The molecule has 0 saturated carbocycles. The zero-order valence-electron chi connectivity index (χ0n) is 11.7. The summed E-state index contributed by atoms with van der Waals surface area (Å²) in [6, 6.07) is 9.14. The largest absolute Gasteiger partial charge is 0.266 e. The van der Waals surface area contributed by atoms with E-state index in [1.807, 2.05) is 0 Å². The highest BCUT2D eigenvalue weighted by Crippen LogP contribution is 2.22. The van der Waals surface area contributed by atoms with E-state index in [-0.39, 0.29) is 12.3 Å². The first-order valence-electron chi connectivity index (χ1n) is 6.68. The van der Waals surface area contributed by atoms with Gasteiger partial charge in [0, 0.05) is 12.4 Å². The molecule has 0 saturated heterocycles. The smallest absolute Gasteiger partial charge is 0.235 e. The number of hydrogen-bond acceptors (Lipinski definition) is 3. The number of sulfonamides is 1. The summed E-state index contributed by atoms with van der Waals surface area (Å²) in [6.45, 7) is 1.94. The molecule has 112 valence electrons. The van der Waals surface area contributed by atoms with E-state index in [0.29, 0.717) is 12.1 Å². The molecule has 4 nitrogen and oxygen atoms in total. The maximum absolute atomic E-state index is 13.4. The quantitative estimate of drug-likeness (QED) is 0.824. The van der Waals surface area contributed by atoms with Crippen LogP contribution in [0.15, 0.2) is 48.8 Å². The minimum atomic E-state index is -3.50. The Balaban J connectivity index is 2.40. The number of nitrogens with zero attached hydrogens (tertiary/aromatic N) is 2. The summed E-state index contributed by atoms with van der Waals surface area (Å²) >= 11 is 0. The molecule has 0 aliphatic rings. The molecule has 0 aliphatic carbocycles. The van der Waals surface area contributed by atoms with Gasteiger partial charge in [-0.1, -0.05) is 19.1 Å². The third-order valence-corrected chi connectivity index (χ3v) is 4.88. The van der Waals surface area contributed by atoms with Crippen molar-refractivity contribution in [2.75, 3.05) is 10.1 Å². The molecule has 1 heterocycles. The van der Waals surface area contributed by atoms with Gasteiger partial charge in [0.15, 0.2) is 0 Å². The van der Waals surface area contributed by atoms with Crippen molar-refractivity contribution in [2.45, 2.75) is 19.9 Å². The van der Waals surface area contributed by atoms with Gasteiger partial charge in [-0.2, -0.15) is 0 Å². The molecule has 0 radical (unpaired) electrons. The Bertz CT molecular complexity index is 690. The van der Waals surface area contributed by atoms with E-state index in [2.05, 4.69) is 4.98 Å². The van der Waals surface area contributed by atoms with Crippen LogP contribution in [0.25, 0.3) is 0 Å². The highest BCUT2D eigenvalue weighted by Gasteiger charge is 2.22. The second-order valence-electron chi connectivity index (χ2n) is 4.66. The van der Waals surface area contributed by atoms with Crippen molar-refractivity contribution in [1.29, 1.82) is 0 Å². The molecule has 0 unspecified atom stereocenters. The molecule has 2 rings (SSSR count). The summed E-state index contributed by atoms with van der Waals surface area (Å²) in [7, 11) is -3.50. The first kappa shape index (κ1) is 15.4. The van der Waals surface area contributed by atoms with Gasteiger partial charge >= 0.3 is 0 Å². The Morgan fingerprint density at radius 1 is 1.24 bits per heavy atom. The predicted octanol–water partition coefficient (Wildman–Crippen LogP) is 2.97. The van der Waals surface area contributed by atoms with E-state index in [1.165, 1.54) is 22.5 Å². The Hall–Kier alpha value is -1.95. The normalized spacial score (nSPS) is 11.3. The van der Waals surface area contributed by atoms with Crippen LogP contribution in [0.3, 0.4) is 0 Å². The van der Waals surface area contributed by atoms with Crippen LogP contribution in [0.4, 0.5) is 10.1 Å². The first-order chi connectivity index (χ1) is 10.0. The molecule has 0 bridgehead atoms. The van der Waals surface area contributed by atoms with Crippen LogP contribution in [-0.4, -0.2) is 19.2 Å². The van der Waals surface area contributed by atoms with Crippen molar-refractivity contribution in [3.63, 3.8) is 0 Å². The van der Waals surface area contributed by atoms with Crippen LogP contribution in [0.5, 0.6) is 0 Å². The Morgan fingerprint density at radius 3 is 2.67 bits per heavy atom. The van der Waals surface area contributed by atoms with Crippen LogP contribution in [0, 0.1) is 5.82 Å². The standard InChI is InChI=1S/C15H17FN2O2S/c1-2-9-21(19,20)18(12-13-5-4-8-17-11-13)15-7-3-6-14(16)10-15/h3-8,10-11H,2,9,12H2,1H3. The molecular weight excluding hydrogens is 291 g/mol. The molecule has 0 N–H and O–H groups in total. The average molecular weight is 308 g/mol. The summed E-state index contributed by atoms with van der Waals surface area (Å²) in [5, 5.41) is 0. The van der Waals surface area contributed by atoms with Gasteiger partial charge in [0.2, 0.25) is 10.0 Å². The second-order valence-corrected chi connectivity index (χ2v) is 6.68. The number of halogens is 1. The fourth-order valence-electron chi connectivity index (χ4n) is 2.01. The lowest BCUT2D eigenvalue weighted by Gasteiger charge is -2.24. The van der Waals surface area contributed by atoms with Gasteiger partial charge in [-0.05, 0) is 36.2 Å². The SMILES string of the molecule is CCCS(=O)(=O)N(Cc1cccnc1)c1cccc(F)c1. The average Bonchev–Trinajstić information content (AvgIpc) is 2.45. The zero-order chi connectivity index (χ0) is 15.3. The zero-order valence-corrected chi connectivity index (χ0v) is 12.6. The minimum Gasteiger partial charge on any atom is -0.266 e. The summed E-state index contributed by atoms with van der Waals surface area (Å²) in [6.07, 6.45) is 3.73. The van der Waals surface area contributed by atoms with Crippen molar-refractivity contribution < 1.29 is 12.8 Å². The summed E-state index contributed by atoms with van der Waals surface area (Å²) in [5.41, 5.74) is 1.08. The molecule has 0 amide bonds. The fourth-order valence-corrected chi connectivity index (χ4v) is 3.52. The second kappa shape index (κ2) is 6.67. The molecule has 0 atom stereocenters.